The van der Waals surface area contributed by atoms with Gasteiger partial charge in [-0.25, -0.2) is 4.39 Å². The van der Waals surface area contributed by atoms with E-state index in [1.54, 1.807) is 24.1 Å². The highest BCUT2D eigenvalue weighted by Crippen LogP contribution is 2.06. The molecule has 0 aromatic heterocycles. The molecule has 0 fully saturated rings. The average Bonchev–Trinajstić information content (AvgIpc) is 2.25. The van der Waals surface area contributed by atoms with Gasteiger partial charge in [-0.1, -0.05) is 19.1 Å². The molecule has 0 aliphatic heterocycles. The fraction of sp³-hybridized carbons (Fsp3) is 0.417. The summed E-state index contributed by atoms with van der Waals surface area (Å²) in [6.07, 6.45) is 0. The number of amides is 1. The average molecular weight is 224 g/mol. The van der Waals surface area contributed by atoms with Crippen LogP contribution in [0.4, 0.5) is 4.39 Å². The first-order valence-corrected chi connectivity index (χ1v) is 5.32. The molecule has 16 heavy (non-hydrogen) atoms. The summed E-state index contributed by atoms with van der Waals surface area (Å²) in [5, 5.41) is 2.96. The zero-order chi connectivity index (χ0) is 12.0. The van der Waals surface area contributed by atoms with Crippen LogP contribution in [0.3, 0.4) is 0 Å². The van der Waals surface area contributed by atoms with E-state index in [0.717, 1.165) is 12.1 Å². The van der Waals surface area contributed by atoms with Crippen LogP contribution in [0.2, 0.25) is 0 Å². The van der Waals surface area contributed by atoms with Crippen molar-refractivity contribution < 1.29 is 9.18 Å². The molecule has 0 saturated heterocycles. The minimum Gasteiger partial charge on any atom is -0.340 e. The van der Waals surface area contributed by atoms with Gasteiger partial charge in [0.2, 0.25) is 5.91 Å². The standard InChI is InChI=1S/C12H17FN2O/c1-3-14-8-12(16)15(2)9-10-5-4-6-11(13)7-10/h4-7,14H,3,8-9H2,1-2H3. The normalized spacial score (nSPS) is 10.2. The van der Waals surface area contributed by atoms with E-state index in [-0.39, 0.29) is 11.7 Å². The molecule has 3 nitrogen and oxygen atoms in total. The van der Waals surface area contributed by atoms with Gasteiger partial charge in [0.25, 0.3) is 0 Å². The fourth-order valence-corrected chi connectivity index (χ4v) is 1.36. The van der Waals surface area contributed by atoms with Gasteiger partial charge in [-0.15, -0.1) is 0 Å². The van der Waals surface area contributed by atoms with E-state index in [9.17, 15) is 9.18 Å². The van der Waals surface area contributed by atoms with Crippen molar-refractivity contribution in [2.24, 2.45) is 0 Å². The number of carbonyl (C=O) groups excluding carboxylic acids is 1. The second-order valence-corrected chi connectivity index (χ2v) is 3.66. The molecule has 1 rings (SSSR count). The number of rotatable bonds is 5. The van der Waals surface area contributed by atoms with Gasteiger partial charge in [0.15, 0.2) is 0 Å². The van der Waals surface area contributed by atoms with Gasteiger partial charge in [-0.3, -0.25) is 4.79 Å². The molecule has 88 valence electrons. The summed E-state index contributed by atoms with van der Waals surface area (Å²) < 4.78 is 12.9. The second-order valence-electron chi connectivity index (χ2n) is 3.66. The summed E-state index contributed by atoms with van der Waals surface area (Å²) in [7, 11) is 1.71. The predicted molar refractivity (Wildman–Crippen MR) is 61.4 cm³/mol. The summed E-state index contributed by atoms with van der Waals surface area (Å²) in [4.78, 5) is 13.1. The lowest BCUT2D eigenvalue weighted by Gasteiger charge is -2.17. The quantitative estimate of drug-likeness (QED) is 0.819. The topological polar surface area (TPSA) is 32.3 Å². The van der Waals surface area contributed by atoms with Crippen molar-refractivity contribution in [3.05, 3.63) is 35.6 Å². The monoisotopic (exact) mass is 224 g/mol. The number of likely N-dealkylation sites (N-methyl/N-ethyl adjacent to an activating group) is 2. The molecular weight excluding hydrogens is 207 g/mol. The predicted octanol–water partition coefficient (Wildman–Crippen LogP) is 1.39. The molecule has 0 radical (unpaired) electrons. The molecule has 0 heterocycles. The van der Waals surface area contributed by atoms with E-state index >= 15 is 0 Å². The van der Waals surface area contributed by atoms with Crippen molar-refractivity contribution in [1.29, 1.82) is 0 Å². The lowest BCUT2D eigenvalue weighted by atomic mass is 10.2. The number of hydrogen-bond acceptors (Lipinski definition) is 2. The van der Waals surface area contributed by atoms with E-state index in [0.29, 0.717) is 13.1 Å². The Morgan fingerprint density at radius 2 is 2.25 bits per heavy atom. The lowest BCUT2D eigenvalue weighted by molar-refractivity contribution is -0.129. The number of benzene rings is 1. The zero-order valence-corrected chi connectivity index (χ0v) is 9.66. The number of nitrogens with one attached hydrogen (secondary N) is 1. The third-order valence-electron chi connectivity index (χ3n) is 2.26. The summed E-state index contributed by atoms with van der Waals surface area (Å²) in [5.41, 5.74) is 0.798. The Balaban J connectivity index is 2.50. The largest absolute Gasteiger partial charge is 0.340 e. The Hall–Kier alpha value is -1.42. The van der Waals surface area contributed by atoms with Crippen molar-refractivity contribution >= 4 is 5.91 Å². The van der Waals surface area contributed by atoms with Crippen LogP contribution in [-0.4, -0.2) is 30.9 Å². The van der Waals surface area contributed by atoms with E-state index in [4.69, 9.17) is 0 Å². The maximum Gasteiger partial charge on any atom is 0.236 e. The Labute approximate surface area is 95.3 Å². The van der Waals surface area contributed by atoms with E-state index in [1.807, 2.05) is 6.92 Å². The van der Waals surface area contributed by atoms with Gasteiger partial charge < -0.3 is 10.2 Å². The highest BCUT2D eigenvalue weighted by molar-refractivity contribution is 5.77. The number of carbonyl (C=O) groups is 1. The van der Waals surface area contributed by atoms with Crippen molar-refractivity contribution in [3.8, 4) is 0 Å². The number of hydrogen-bond donors (Lipinski definition) is 1. The number of halogens is 1. The summed E-state index contributed by atoms with van der Waals surface area (Å²) in [5.74, 6) is -0.267. The van der Waals surface area contributed by atoms with Gasteiger partial charge in [-0.2, -0.15) is 0 Å². The molecule has 4 heteroatoms. The first-order valence-electron chi connectivity index (χ1n) is 5.32. The third-order valence-corrected chi connectivity index (χ3v) is 2.26. The Kier molecular flexibility index (Phi) is 4.92. The van der Waals surface area contributed by atoms with Crippen LogP contribution in [0.25, 0.3) is 0 Å². The minimum atomic E-state index is -0.273. The molecule has 1 N–H and O–H groups in total. The van der Waals surface area contributed by atoms with Crippen LogP contribution in [0.1, 0.15) is 12.5 Å². The molecular formula is C12H17FN2O. The molecule has 0 saturated carbocycles. The van der Waals surface area contributed by atoms with Crippen molar-refractivity contribution in [3.63, 3.8) is 0 Å². The highest BCUT2D eigenvalue weighted by Gasteiger charge is 2.08. The minimum absolute atomic E-state index is 0.00566. The van der Waals surface area contributed by atoms with Crippen molar-refractivity contribution in [2.45, 2.75) is 13.5 Å². The van der Waals surface area contributed by atoms with Crippen LogP contribution in [-0.2, 0) is 11.3 Å². The summed E-state index contributed by atoms with van der Waals surface area (Å²) >= 11 is 0. The zero-order valence-electron chi connectivity index (χ0n) is 9.66. The Morgan fingerprint density at radius 3 is 2.88 bits per heavy atom. The van der Waals surface area contributed by atoms with E-state index < -0.39 is 0 Å². The van der Waals surface area contributed by atoms with Gasteiger partial charge in [0.05, 0.1) is 6.54 Å². The van der Waals surface area contributed by atoms with Gasteiger partial charge >= 0.3 is 0 Å². The lowest BCUT2D eigenvalue weighted by Crippen LogP contribution is -2.35. The highest BCUT2D eigenvalue weighted by atomic mass is 19.1. The fourth-order valence-electron chi connectivity index (χ4n) is 1.36. The van der Waals surface area contributed by atoms with Gasteiger partial charge in [0, 0.05) is 13.6 Å². The third kappa shape index (κ3) is 3.98. The second kappa shape index (κ2) is 6.23. The molecule has 0 aliphatic rings. The maximum atomic E-state index is 12.9. The summed E-state index contributed by atoms with van der Waals surface area (Å²) in [6.45, 7) is 3.46. The van der Waals surface area contributed by atoms with Crippen LogP contribution in [0.15, 0.2) is 24.3 Å². The first-order chi connectivity index (χ1) is 7.63. The molecule has 1 amide bonds. The van der Waals surface area contributed by atoms with Crippen LogP contribution >= 0.6 is 0 Å². The molecule has 1 aromatic rings. The van der Waals surface area contributed by atoms with E-state index in [1.165, 1.54) is 12.1 Å². The van der Waals surface area contributed by atoms with Crippen molar-refractivity contribution in [1.82, 2.24) is 10.2 Å². The Morgan fingerprint density at radius 1 is 1.50 bits per heavy atom. The first kappa shape index (κ1) is 12.6. The van der Waals surface area contributed by atoms with E-state index in [2.05, 4.69) is 5.32 Å². The van der Waals surface area contributed by atoms with Gasteiger partial charge in [0.1, 0.15) is 5.82 Å². The molecule has 0 bridgehead atoms. The van der Waals surface area contributed by atoms with Crippen molar-refractivity contribution in [2.75, 3.05) is 20.1 Å². The molecule has 1 aromatic carbocycles. The summed E-state index contributed by atoms with van der Waals surface area (Å²) in [6, 6.07) is 6.29. The smallest absolute Gasteiger partial charge is 0.236 e. The molecule has 0 spiro atoms. The van der Waals surface area contributed by atoms with Crippen LogP contribution in [0.5, 0.6) is 0 Å². The van der Waals surface area contributed by atoms with Crippen LogP contribution in [0, 0.1) is 5.82 Å². The maximum absolute atomic E-state index is 12.9. The molecule has 0 atom stereocenters. The molecule has 0 aliphatic carbocycles. The number of nitrogens with zero attached hydrogens (tertiary/aromatic N) is 1. The van der Waals surface area contributed by atoms with Gasteiger partial charge in [-0.05, 0) is 24.2 Å². The molecule has 0 unspecified atom stereocenters. The SMILES string of the molecule is CCNCC(=O)N(C)Cc1cccc(F)c1. The van der Waals surface area contributed by atoms with Crippen LogP contribution < -0.4 is 5.32 Å². The Bertz CT molecular complexity index is 355.